The number of piperazine rings is 1. The van der Waals surface area contributed by atoms with Crippen molar-refractivity contribution in [3.05, 3.63) is 65.2 Å². The predicted octanol–water partition coefficient (Wildman–Crippen LogP) is 3.63. The number of unbranched alkanes of at least 4 members (excludes halogenated alkanes) is 1. The fraction of sp³-hybridized carbons (Fsp3) is 0.400. The van der Waals surface area contributed by atoms with Crippen molar-refractivity contribution in [3.63, 3.8) is 0 Å². The number of anilines is 1. The molecule has 2 saturated heterocycles. The summed E-state index contributed by atoms with van der Waals surface area (Å²) in [5.41, 5.74) is 0.661. The molecule has 0 radical (unpaired) electrons. The fourth-order valence-corrected chi connectivity index (χ4v) is 4.75. The van der Waals surface area contributed by atoms with Gasteiger partial charge in [-0.3, -0.25) is 14.5 Å². The number of nitrogens with one attached hydrogen (secondary N) is 1. The number of nitrogens with zero attached hydrogens (tertiary/aromatic N) is 3. The quantitative estimate of drug-likeness (QED) is 0.630. The van der Waals surface area contributed by atoms with Crippen LogP contribution in [0.3, 0.4) is 0 Å². The van der Waals surface area contributed by atoms with E-state index >= 15 is 0 Å². The zero-order valence-corrected chi connectivity index (χ0v) is 19.6. The van der Waals surface area contributed by atoms with Gasteiger partial charge in [0.15, 0.2) is 0 Å². The van der Waals surface area contributed by atoms with E-state index in [1.165, 1.54) is 0 Å². The Labute approximate surface area is 199 Å². The van der Waals surface area contributed by atoms with Crippen molar-refractivity contribution in [2.24, 2.45) is 0 Å². The number of hydrogen-bond donors (Lipinski definition) is 1. The second kappa shape index (κ2) is 9.83. The van der Waals surface area contributed by atoms with Crippen LogP contribution in [0.4, 0.5) is 10.5 Å². The van der Waals surface area contributed by atoms with E-state index in [9.17, 15) is 14.4 Å². The first-order chi connectivity index (χ1) is 15.9. The second-order valence-corrected chi connectivity index (χ2v) is 8.98. The summed E-state index contributed by atoms with van der Waals surface area (Å²) < 4.78 is 0. The Kier molecular flexibility index (Phi) is 6.88. The Bertz CT molecular complexity index is 1020. The number of rotatable bonds is 7. The molecule has 0 spiro atoms. The summed E-state index contributed by atoms with van der Waals surface area (Å²) in [4.78, 5) is 44.3. The Balaban J connectivity index is 1.43. The Hall–Kier alpha value is -3.06. The maximum Gasteiger partial charge on any atom is 0.325 e. The normalized spacial score (nSPS) is 20.8. The third kappa shape index (κ3) is 4.69. The minimum absolute atomic E-state index is 0.219. The molecule has 0 bridgehead atoms. The van der Waals surface area contributed by atoms with E-state index < -0.39 is 11.6 Å². The van der Waals surface area contributed by atoms with Gasteiger partial charge in [-0.05, 0) is 30.2 Å². The van der Waals surface area contributed by atoms with Crippen LogP contribution >= 0.6 is 11.6 Å². The molecule has 7 nitrogen and oxygen atoms in total. The van der Waals surface area contributed by atoms with Crippen LogP contribution in [0.25, 0.3) is 0 Å². The summed E-state index contributed by atoms with van der Waals surface area (Å²) in [7, 11) is 0. The van der Waals surface area contributed by atoms with Crippen molar-refractivity contribution in [2.45, 2.75) is 31.7 Å². The zero-order chi connectivity index (χ0) is 23.4. The van der Waals surface area contributed by atoms with E-state index in [4.69, 9.17) is 11.6 Å². The molecule has 0 aliphatic carbocycles. The molecule has 1 atom stereocenters. The van der Waals surface area contributed by atoms with Gasteiger partial charge in [0.05, 0.1) is 0 Å². The summed E-state index contributed by atoms with van der Waals surface area (Å²) in [5.74, 6) is -0.568. The highest BCUT2D eigenvalue weighted by Gasteiger charge is 2.52. The van der Waals surface area contributed by atoms with Crippen LogP contribution < -0.4 is 10.2 Å². The van der Waals surface area contributed by atoms with Crippen LogP contribution in [0, 0.1) is 0 Å². The minimum atomic E-state index is -1.11. The molecule has 4 rings (SSSR count). The first-order valence-electron chi connectivity index (χ1n) is 11.4. The highest BCUT2D eigenvalue weighted by atomic mass is 35.5. The largest absolute Gasteiger partial charge is 0.368 e. The third-order valence-corrected chi connectivity index (χ3v) is 6.68. The number of urea groups is 1. The number of hydrogen-bond acceptors (Lipinski definition) is 4. The molecule has 1 N–H and O–H groups in total. The van der Waals surface area contributed by atoms with Gasteiger partial charge in [-0.25, -0.2) is 4.79 Å². The monoisotopic (exact) mass is 468 g/mol. The molecule has 1 unspecified atom stereocenters. The SMILES string of the molecule is CCCCC1(c2ccccc2)NC(=O)N(CC(=O)N2CCN(c3cccc(Cl)c3)CC2)C1=O. The lowest BCUT2D eigenvalue weighted by Crippen LogP contribution is -2.52. The summed E-state index contributed by atoms with van der Waals surface area (Å²) in [6, 6.07) is 16.4. The van der Waals surface area contributed by atoms with E-state index in [0.29, 0.717) is 37.6 Å². The highest BCUT2D eigenvalue weighted by Crippen LogP contribution is 2.34. The highest BCUT2D eigenvalue weighted by molar-refractivity contribution is 6.30. The topological polar surface area (TPSA) is 73.0 Å². The lowest BCUT2D eigenvalue weighted by molar-refractivity contribution is -0.139. The lowest BCUT2D eigenvalue weighted by Gasteiger charge is -2.36. The molecule has 2 aliphatic rings. The molecule has 33 heavy (non-hydrogen) atoms. The number of carbonyl (C=O) groups excluding carboxylic acids is 3. The van der Waals surface area contributed by atoms with Gasteiger partial charge in [-0.1, -0.05) is 67.8 Å². The molecule has 2 aliphatic heterocycles. The van der Waals surface area contributed by atoms with Gasteiger partial charge in [0, 0.05) is 36.9 Å². The van der Waals surface area contributed by atoms with Gasteiger partial charge in [-0.2, -0.15) is 0 Å². The Morgan fingerprint density at radius 2 is 1.76 bits per heavy atom. The predicted molar refractivity (Wildman–Crippen MR) is 128 cm³/mol. The van der Waals surface area contributed by atoms with Gasteiger partial charge in [0.25, 0.3) is 5.91 Å². The molecule has 2 heterocycles. The van der Waals surface area contributed by atoms with Gasteiger partial charge >= 0.3 is 6.03 Å². The van der Waals surface area contributed by atoms with Gasteiger partial charge < -0.3 is 15.1 Å². The van der Waals surface area contributed by atoms with Crippen LogP contribution in [0.2, 0.25) is 5.02 Å². The number of halogens is 1. The van der Waals surface area contributed by atoms with Gasteiger partial charge in [0.2, 0.25) is 5.91 Å². The molecule has 2 aromatic rings. The van der Waals surface area contributed by atoms with Gasteiger partial charge in [0.1, 0.15) is 12.1 Å². The van der Waals surface area contributed by atoms with Crippen molar-refractivity contribution in [2.75, 3.05) is 37.6 Å². The maximum absolute atomic E-state index is 13.5. The van der Waals surface area contributed by atoms with E-state index in [-0.39, 0.29) is 18.4 Å². The molecule has 2 fully saturated rings. The van der Waals surface area contributed by atoms with Crippen molar-refractivity contribution < 1.29 is 14.4 Å². The Morgan fingerprint density at radius 1 is 1.03 bits per heavy atom. The van der Waals surface area contributed by atoms with Crippen molar-refractivity contribution in [3.8, 4) is 0 Å². The summed E-state index contributed by atoms with van der Waals surface area (Å²) in [6.07, 6.45) is 2.18. The molecule has 0 saturated carbocycles. The van der Waals surface area contributed by atoms with Crippen LogP contribution in [0.15, 0.2) is 54.6 Å². The molecule has 0 aromatic heterocycles. The fourth-order valence-electron chi connectivity index (χ4n) is 4.57. The molecule has 8 heteroatoms. The van der Waals surface area contributed by atoms with E-state index in [1.807, 2.05) is 61.5 Å². The first kappa shape index (κ1) is 23.1. The van der Waals surface area contributed by atoms with Crippen LogP contribution in [0.5, 0.6) is 0 Å². The third-order valence-electron chi connectivity index (χ3n) is 6.45. The minimum Gasteiger partial charge on any atom is -0.368 e. The summed E-state index contributed by atoms with van der Waals surface area (Å²) in [5, 5.41) is 3.58. The first-order valence-corrected chi connectivity index (χ1v) is 11.8. The summed E-state index contributed by atoms with van der Waals surface area (Å²) in [6.45, 7) is 4.17. The van der Waals surface area contributed by atoms with E-state index in [1.54, 1.807) is 4.90 Å². The van der Waals surface area contributed by atoms with E-state index in [2.05, 4.69) is 10.2 Å². The smallest absolute Gasteiger partial charge is 0.325 e. The number of carbonyl (C=O) groups is 3. The zero-order valence-electron chi connectivity index (χ0n) is 18.8. The van der Waals surface area contributed by atoms with Crippen molar-refractivity contribution >= 4 is 35.1 Å². The van der Waals surface area contributed by atoms with Crippen LogP contribution in [-0.2, 0) is 15.1 Å². The average Bonchev–Trinajstić information content (AvgIpc) is 3.08. The van der Waals surface area contributed by atoms with Crippen molar-refractivity contribution in [1.82, 2.24) is 15.1 Å². The van der Waals surface area contributed by atoms with Crippen LogP contribution in [0.1, 0.15) is 31.7 Å². The molecule has 174 valence electrons. The van der Waals surface area contributed by atoms with E-state index in [0.717, 1.165) is 29.0 Å². The average molecular weight is 469 g/mol. The molecule has 2 aromatic carbocycles. The van der Waals surface area contributed by atoms with Crippen LogP contribution in [-0.4, -0.2) is 60.4 Å². The number of imide groups is 1. The maximum atomic E-state index is 13.5. The summed E-state index contributed by atoms with van der Waals surface area (Å²) >= 11 is 6.10. The molecular formula is C25H29ClN4O3. The van der Waals surface area contributed by atoms with Gasteiger partial charge in [-0.15, -0.1) is 0 Å². The lowest BCUT2D eigenvalue weighted by atomic mass is 9.85. The Morgan fingerprint density at radius 3 is 2.42 bits per heavy atom. The number of benzene rings is 2. The second-order valence-electron chi connectivity index (χ2n) is 8.54. The number of amides is 4. The van der Waals surface area contributed by atoms with Crippen molar-refractivity contribution in [1.29, 1.82) is 0 Å². The molecule has 4 amide bonds. The standard InChI is InChI=1S/C25H29ClN4O3/c1-2-3-12-25(19-8-5-4-6-9-19)23(32)30(24(33)27-25)18-22(31)29-15-13-28(14-16-29)21-11-7-10-20(26)17-21/h4-11,17H,2-3,12-16,18H2,1H3,(H,27,33). The molecular weight excluding hydrogens is 440 g/mol.